The Morgan fingerprint density at radius 2 is 0.976 bits per heavy atom. The summed E-state index contributed by atoms with van der Waals surface area (Å²) in [4.78, 5) is 41.4. The van der Waals surface area contributed by atoms with Gasteiger partial charge in [0.1, 0.15) is 5.75 Å². The van der Waals surface area contributed by atoms with Crippen LogP contribution in [0.3, 0.4) is 0 Å². The molecule has 0 radical (unpaired) electrons. The zero-order chi connectivity index (χ0) is 28.7. The number of anilines is 1. The molecule has 0 atom stereocenters. The molecular weight excluding hydrogens is 529 g/mol. The molecular formula is C35H28NO4P. The number of nitrogens with one attached hydrogen (secondary N) is 1. The SMILES string of the molecule is CC(=O)Oc1ccccc1C(=O)C(C(=O)Nc1ccccc1)=P(c1ccccc1)(c1ccccc1)c1ccccc1. The molecule has 5 aromatic rings. The van der Waals surface area contributed by atoms with E-state index in [-0.39, 0.29) is 16.6 Å². The predicted molar refractivity (Wildman–Crippen MR) is 167 cm³/mol. The molecule has 0 heterocycles. The van der Waals surface area contributed by atoms with Gasteiger partial charge in [0.2, 0.25) is 5.78 Å². The van der Waals surface area contributed by atoms with Crippen molar-refractivity contribution in [3.63, 3.8) is 0 Å². The van der Waals surface area contributed by atoms with Gasteiger partial charge in [0.05, 0.1) is 10.9 Å². The van der Waals surface area contributed by atoms with Gasteiger partial charge in [0.15, 0.2) is 0 Å². The van der Waals surface area contributed by atoms with E-state index >= 15 is 0 Å². The molecule has 0 aromatic heterocycles. The summed E-state index contributed by atoms with van der Waals surface area (Å²) in [6.45, 7) is -1.84. The molecule has 6 heteroatoms. The summed E-state index contributed by atoms with van der Waals surface area (Å²) in [5.41, 5.74) is 0.691. The van der Waals surface area contributed by atoms with E-state index in [2.05, 4.69) is 5.32 Å². The zero-order valence-electron chi connectivity index (χ0n) is 22.4. The lowest BCUT2D eigenvalue weighted by Gasteiger charge is -2.32. The van der Waals surface area contributed by atoms with Crippen molar-refractivity contribution in [2.75, 3.05) is 5.32 Å². The lowest BCUT2D eigenvalue weighted by molar-refractivity contribution is -0.131. The van der Waals surface area contributed by atoms with Gasteiger partial charge in [-0.3, -0.25) is 14.4 Å². The third-order valence-electron chi connectivity index (χ3n) is 6.61. The Morgan fingerprint density at radius 3 is 1.44 bits per heavy atom. The highest BCUT2D eigenvalue weighted by Gasteiger charge is 2.38. The highest BCUT2D eigenvalue weighted by atomic mass is 31.2. The zero-order valence-corrected chi connectivity index (χ0v) is 23.3. The third-order valence-corrected chi connectivity index (χ3v) is 10.9. The molecule has 0 saturated carbocycles. The molecule has 1 amide bonds. The Morgan fingerprint density at radius 1 is 0.561 bits per heavy atom. The maximum atomic E-state index is 14.9. The number of esters is 1. The lowest BCUT2D eigenvalue weighted by Crippen LogP contribution is -2.40. The predicted octanol–water partition coefficient (Wildman–Crippen LogP) is 5.60. The minimum Gasteiger partial charge on any atom is -0.426 e. The van der Waals surface area contributed by atoms with Gasteiger partial charge in [0, 0.05) is 12.6 Å². The molecule has 5 aromatic carbocycles. The van der Waals surface area contributed by atoms with Gasteiger partial charge in [-0.05, 0) is 47.1 Å². The summed E-state index contributed by atoms with van der Waals surface area (Å²) in [6, 6.07) is 44.6. The third kappa shape index (κ3) is 5.67. The standard InChI is InChI=1S/C35H28NO4P/c1-26(37)40-32-25-15-14-24-31(32)33(38)34(35(39)36-27-16-6-2-7-17-27)41(28-18-8-3-9-19-28,29-20-10-4-11-21-29)30-22-12-5-13-23-30/h2-25H,1H3,(H,36,39). The van der Waals surface area contributed by atoms with E-state index in [1.54, 1.807) is 36.4 Å². The summed E-state index contributed by atoms with van der Waals surface area (Å²) in [6.07, 6.45) is 0. The average molecular weight is 558 g/mol. The molecule has 0 unspecified atom stereocenters. The summed E-state index contributed by atoms with van der Waals surface area (Å²) >= 11 is 0. The highest BCUT2D eigenvalue weighted by Crippen LogP contribution is 2.47. The second-order valence-electron chi connectivity index (χ2n) is 9.27. The van der Waals surface area contributed by atoms with Crippen molar-refractivity contribution in [1.82, 2.24) is 0 Å². The van der Waals surface area contributed by atoms with Crippen LogP contribution in [0.1, 0.15) is 17.3 Å². The van der Waals surface area contributed by atoms with Crippen LogP contribution in [-0.4, -0.2) is 23.0 Å². The van der Waals surface area contributed by atoms with Crippen molar-refractivity contribution in [3.05, 3.63) is 151 Å². The van der Waals surface area contributed by atoms with Gasteiger partial charge in [-0.25, -0.2) is 0 Å². The lowest BCUT2D eigenvalue weighted by atomic mass is 10.1. The van der Waals surface area contributed by atoms with Crippen molar-refractivity contribution >= 4 is 51.4 Å². The van der Waals surface area contributed by atoms with Crippen molar-refractivity contribution in [1.29, 1.82) is 0 Å². The number of para-hydroxylation sites is 2. The van der Waals surface area contributed by atoms with E-state index < -0.39 is 24.5 Å². The van der Waals surface area contributed by atoms with Crippen LogP contribution >= 0.6 is 6.89 Å². The molecule has 202 valence electrons. The molecule has 5 nitrogen and oxygen atoms in total. The number of benzene rings is 5. The molecule has 0 aliphatic rings. The van der Waals surface area contributed by atoms with E-state index in [0.717, 1.165) is 15.9 Å². The van der Waals surface area contributed by atoms with E-state index in [1.807, 2.05) is 109 Å². The number of rotatable bonds is 8. The number of ketones is 1. The van der Waals surface area contributed by atoms with Crippen LogP contribution in [0, 0.1) is 0 Å². The summed E-state index contributed by atoms with van der Waals surface area (Å²) in [5.74, 6) is -1.50. The van der Waals surface area contributed by atoms with E-state index in [1.165, 1.54) is 6.92 Å². The molecule has 5 rings (SSSR count). The number of hydrogen-bond acceptors (Lipinski definition) is 4. The number of ether oxygens (including phenoxy) is 1. The minimum atomic E-state index is -3.12. The van der Waals surface area contributed by atoms with Crippen LogP contribution in [0.4, 0.5) is 5.69 Å². The maximum absolute atomic E-state index is 14.9. The molecule has 0 bridgehead atoms. The van der Waals surface area contributed by atoms with Crippen LogP contribution < -0.4 is 26.0 Å². The summed E-state index contributed by atoms with van der Waals surface area (Å²) < 4.78 is 5.45. The fourth-order valence-electron chi connectivity index (χ4n) is 4.93. The van der Waals surface area contributed by atoms with Gasteiger partial charge in [-0.15, -0.1) is 0 Å². The molecule has 0 saturated heterocycles. The number of carbonyl (C=O) groups is 3. The number of Topliss-reactive ketones (excluding diaryl/α,β-unsaturated/α-hetero) is 1. The molecule has 0 spiro atoms. The molecule has 0 aliphatic heterocycles. The van der Waals surface area contributed by atoms with Crippen LogP contribution in [0.5, 0.6) is 5.75 Å². The fraction of sp³-hybridized carbons (Fsp3) is 0.0286. The Balaban J connectivity index is 1.96. The molecule has 0 fully saturated rings. The van der Waals surface area contributed by atoms with Crippen LogP contribution in [0.25, 0.3) is 0 Å². The molecule has 1 N–H and O–H groups in total. The van der Waals surface area contributed by atoms with Crippen LogP contribution in [0.15, 0.2) is 146 Å². The normalized spacial score (nSPS) is 10.9. The first-order valence-corrected chi connectivity index (χ1v) is 14.9. The molecule has 41 heavy (non-hydrogen) atoms. The largest absolute Gasteiger partial charge is 0.426 e. The smallest absolute Gasteiger partial charge is 0.308 e. The van der Waals surface area contributed by atoms with Crippen LogP contribution in [-0.2, 0) is 9.59 Å². The first-order chi connectivity index (χ1) is 20.0. The fourth-order valence-corrected chi connectivity index (χ4v) is 9.25. The Labute approximate surface area is 239 Å². The van der Waals surface area contributed by atoms with Gasteiger partial charge >= 0.3 is 5.97 Å². The maximum Gasteiger partial charge on any atom is 0.308 e. The molecule has 0 aliphatic carbocycles. The van der Waals surface area contributed by atoms with E-state index in [4.69, 9.17) is 4.74 Å². The number of hydrogen-bond donors (Lipinski definition) is 1. The van der Waals surface area contributed by atoms with Crippen LogP contribution in [0.2, 0.25) is 0 Å². The van der Waals surface area contributed by atoms with Crippen molar-refractivity contribution in [3.8, 4) is 5.75 Å². The van der Waals surface area contributed by atoms with Crippen molar-refractivity contribution in [2.24, 2.45) is 0 Å². The van der Waals surface area contributed by atoms with E-state index in [9.17, 15) is 14.4 Å². The second-order valence-corrected chi connectivity index (χ2v) is 12.6. The van der Waals surface area contributed by atoms with Crippen molar-refractivity contribution in [2.45, 2.75) is 6.92 Å². The topological polar surface area (TPSA) is 72.5 Å². The van der Waals surface area contributed by atoms with Crippen molar-refractivity contribution < 1.29 is 19.1 Å². The van der Waals surface area contributed by atoms with Gasteiger partial charge in [0.25, 0.3) is 5.91 Å². The minimum absolute atomic E-state index is 0.0737. The number of carbonyl (C=O) groups excluding carboxylic acids is 3. The highest BCUT2D eigenvalue weighted by molar-refractivity contribution is 7.97. The average Bonchev–Trinajstić information content (AvgIpc) is 3.01. The Hall–Kier alpha value is -4.99. The van der Waals surface area contributed by atoms with Gasteiger partial charge in [-0.1, -0.05) is 121 Å². The van der Waals surface area contributed by atoms with Gasteiger partial charge < -0.3 is 10.1 Å². The second kappa shape index (κ2) is 12.5. The van der Waals surface area contributed by atoms with Gasteiger partial charge in [-0.2, -0.15) is 0 Å². The first-order valence-electron chi connectivity index (χ1n) is 13.1. The van der Waals surface area contributed by atoms with E-state index in [0.29, 0.717) is 5.69 Å². The monoisotopic (exact) mass is 557 g/mol. The quantitative estimate of drug-likeness (QED) is 0.0887. The Bertz CT molecular complexity index is 1630. The first kappa shape index (κ1) is 27.6. The summed E-state index contributed by atoms with van der Waals surface area (Å²) in [5, 5.41) is 5.59. The summed E-state index contributed by atoms with van der Waals surface area (Å²) in [7, 11) is 0. The number of amides is 1. The Kier molecular flexibility index (Phi) is 8.38.